The van der Waals surface area contributed by atoms with Gasteiger partial charge in [0.25, 0.3) is 0 Å². The van der Waals surface area contributed by atoms with Crippen molar-refractivity contribution in [1.82, 2.24) is 10.2 Å². The first-order chi connectivity index (χ1) is 12.0. The van der Waals surface area contributed by atoms with Crippen LogP contribution < -0.4 is 5.32 Å². The van der Waals surface area contributed by atoms with Gasteiger partial charge in [0.05, 0.1) is 5.92 Å². The van der Waals surface area contributed by atoms with Gasteiger partial charge in [0.15, 0.2) is 0 Å². The monoisotopic (exact) mass is 338 g/mol. The second kappa shape index (κ2) is 9.02. The molecule has 0 saturated heterocycles. The van der Waals surface area contributed by atoms with Crippen LogP contribution in [0.15, 0.2) is 60.7 Å². The number of hydrogen-bond donors (Lipinski definition) is 1. The number of nitrogens with zero attached hydrogens (tertiary/aromatic N) is 1. The van der Waals surface area contributed by atoms with E-state index in [9.17, 15) is 9.59 Å². The minimum Gasteiger partial charge on any atom is -0.354 e. The van der Waals surface area contributed by atoms with E-state index in [0.717, 1.165) is 11.1 Å². The Morgan fingerprint density at radius 2 is 1.40 bits per heavy atom. The number of benzene rings is 2. The summed E-state index contributed by atoms with van der Waals surface area (Å²) in [4.78, 5) is 26.3. The fourth-order valence-corrected chi connectivity index (χ4v) is 2.97. The van der Waals surface area contributed by atoms with Gasteiger partial charge >= 0.3 is 0 Å². The topological polar surface area (TPSA) is 49.4 Å². The molecular formula is C21H26N2O2. The van der Waals surface area contributed by atoms with E-state index in [4.69, 9.17) is 0 Å². The van der Waals surface area contributed by atoms with E-state index >= 15 is 0 Å². The quantitative estimate of drug-likeness (QED) is 0.843. The summed E-state index contributed by atoms with van der Waals surface area (Å²) in [6.45, 7) is 6.44. The number of carbonyl (C=O) groups excluding carboxylic acids is 2. The first-order valence-corrected chi connectivity index (χ1v) is 8.65. The lowest BCUT2D eigenvalue weighted by atomic mass is 9.90. The highest BCUT2D eigenvalue weighted by atomic mass is 16.2. The highest BCUT2D eigenvalue weighted by Gasteiger charge is 2.22. The maximum atomic E-state index is 12.9. The van der Waals surface area contributed by atoms with Gasteiger partial charge in [-0.2, -0.15) is 0 Å². The van der Waals surface area contributed by atoms with Crippen LogP contribution in [0, 0.1) is 0 Å². The molecule has 0 aliphatic carbocycles. The van der Waals surface area contributed by atoms with Gasteiger partial charge in [-0.15, -0.1) is 0 Å². The van der Waals surface area contributed by atoms with Gasteiger partial charge < -0.3 is 10.2 Å². The van der Waals surface area contributed by atoms with E-state index in [1.165, 1.54) is 0 Å². The van der Waals surface area contributed by atoms with Crippen LogP contribution in [0.2, 0.25) is 0 Å². The summed E-state index contributed by atoms with van der Waals surface area (Å²) in [5.74, 6) is -0.385. The molecule has 2 aromatic rings. The fourth-order valence-electron chi connectivity index (χ4n) is 2.97. The van der Waals surface area contributed by atoms with Crippen molar-refractivity contribution in [2.75, 3.05) is 13.1 Å². The molecule has 0 bridgehead atoms. The van der Waals surface area contributed by atoms with E-state index < -0.39 is 0 Å². The maximum Gasteiger partial charge on any atom is 0.232 e. The summed E-state index contributed by atoms with van der Waals surface area (Å²) in [7, 11) is 0. The van der Waals surface area contributed by atoms with E-state index in [1.807, 2.05) is 74.5 Å². The Kier molecular flexibility index (Phi) is 6.75. The number of nitrogens with one attached hydrogen (secondary N) is 1. The normalized spacial score (nSPS) is 10.8. The van der Waals surface area contributed by atoms with Crippen LogP contribution in [0.1, 0.15) is 37.8 Å². The van der Waals surface area contributed by atoms with Crippen molar-refractivity contribution < 1.29 is 9.59 Å². The Bertz CT molecular complexity index is 644. The molecule has 0 spiro atoms. The van der Waals surface area contributed by atoms with Crippen LogP contribution in [-0.2, 0) is 9.59 Å². The van der Waals surface area contributed by atoms with Crippen molar-refractivity contribution in [2.24, 2.45) is 0 Å². The smallest absolute Gasteiger partial charge is 0.232 e. The lowest BCUT2D eigenvalue weighted by Gasteiger charge is -2.26. The Morgan fingerprint density at radius 1 is 0.920 bits per heavy atom. The van der Waals surface area contributed by atoms with Crippen LogP contribution in [0.25, 0.3) is 0 Å². The number of rotatable bonds is 7. The molecule has 0 atom stereocenters. The Balaban J connectivity index is 2.10. The zero-order chi connectivity index (χ0) is 18.2. The maximum absolute atomic E-state index is 12.9. The molecule has 2 amide bonds. The van der Waals surface area contributed by atoms with Crippen LogP contribution >= 0.6 is 0 Å². The van der Waals surface area contributed by atoms with Gasteiger partial charge in [-0.1, -0.05) is 60.7 Å². The Labute approximate surface area is 149 Å². The predicted octanol–water partition coefficient (Wildman–Crippen LogP) is 3.19. The van der Waals surface area contributed by atoms with Gasteiger partial charge in [0, 0.05) is 26.1 Å². The molecule has 25 heavy (non-hydrogen) atoms. The number of hydrogen-bond acceptors (Lipinski definition) is 2. The molecule has 0 aromatic heterocycles. The zero-order valence-corrected chi connectivity index (χ0v) is 15.1. The molecule has 2 aromatic carbocycles. The highest BCUT2D eigenvalue weighted by Crippen LogP contribution is 2.24. The molecule has 132 valence electrons. The van der Waals surface area contributed by atoms with Crippen molar-refractivity contribution in [3.05, 3.63) is 71.8 Å². The third-order valence-corrected chi connectivity index (χ3v) is 4.21. The lowest BCUT2D eigenvalue weighted by Crippen LogP contribution is -2.42. The molecular weight excluding hydrogens is 312 g/mol. The van der Waals surface area contributed by atoms with Crippen molar-refractivity contribution >= 4 is 11.8 Å². The zero-order valence-electron chi connectivity index (χ0n) is 15.1. The molecule has 4 heteroatoms. The number of amides is 2. The third-order valence-electron chi connectivity index (χ3n) is 4.21. The first-order valence-electron chi connectivity index (χ1n) is 8.65. The first kappa shape index (κ1) is 18.7. The molecule has 4 nitrogen and oxygen atoms in total. The molecule has 0 heterocycles. The van der Waals surface area contributed by atoms with Crippen LogP contribution in [0.3, 0.4) is 0 Å². The highest BCUT2D eigenvalue weighted by molar-refractivity contribution is 5.87. The molecule has 0 saturated carbocycles. The van der Waals surface area contributed by atoms with Crippen molar-refractivity contribution in [3.8, 4) is 0 Å². The third kappa shape index (κ3) is 5.18. The van der Waals surface area contributed by atoms with Crippen molar-refractivity contribution in [3.63, 3.8) is 0 Å². The summed E-state index contributed by atoms with van der Waals surface area (Å²) in [6, 6.07) is 19.6. The second-order valence-electron chi connectivity index (χ2n) is 6.35. The molecule has 2 rings (SSSR count). The van der Waals surface area contributed by atoms with Gasteiger partial charge in [-0.3, -0.25) is 9.59 Å². The van der Waals surface area contributed by atoms with Gasteiger partial charge in [-0.05, 0) is 25.0 Å². The standard InChI is InChI=1S/C21H26N2O2/c1-16(2)23(17(3)24)15-14-22-21(25)20(18-10-6-4-7-11-18)19-12-8-5-9-13-19/h4-13,16,20H,14-15H2,1-3H3,(H,22,25). The molecule has 0 aliphatic heterocycles. The number of carbonyl (C=O) groups is 2. The van der Waals surface area contributed by atoms with Crippen LogP contribution in [0.5, 0.6) is 0 Å². The fraction of sp³-hybridized carbons (Fsp3) is 0.333. The minimum absolute atomic E-state index is 0.0203. The average molecular weight is 338 g/mol. The summed E-state index contributed by atoms with van der Waals surface area (Å²) in [6.07, 6.45) is 0. The van der Waals surface area contributed by atoms with Crippen LogP contribution in [0.4, 0.5) is 0 Å². The van der Waals surface area contributed by atoms with Gasteiger partial charge in [0.1, 0.15) is 0 Å². The van der Waals surface area contributed by atoms with Crippen LogP contribution in [-0.4, -0.2) is 35.8 Å². The summed E-state index contributed by atoms with van der Waals surface area (Å²) >= 11 is 0. The average Bonchev–Trinajstić information content (AvgIpc) is 2.60. The molecule has 0 aliphatic rings. The SMILES string of the molecule is CC(=O)N(CCNC(=O)C(c1ccccc1)c1ccccc1)C(C)C. The molecule has 1 N–H and O–H groups in total. The summed E-state index contributed by atoms with van der Waals surface area (Å²) in [5, 5.41) is 2.99. The lowest BCUT2D eigenvalue weighted by molar-refractivity contribution is -0.131. The Morgan fingerprint density at radius 3 is 1.80 bits per heavy atom. The predicted molar refractivity (Wildman–Crippen MR) is 100 cm³/mol. The molecule has 0 unspecified atom stereocenters. The van der Waals surface area contributed by atoms with E-state index in [0.29, 0.717) is 13.1 Å². The van der Waals surface area contributed by atoms with Crippen molar-refractivity contribution in [2.45, 2.75) is 32.7 Å². The second-order valence-corrected chi connectivity index (χ2v) is 6.35. The van der Waals surface area contributed by atoms with Gasteiger partial charge in [-0.25, -0.2) is 0 Å². The van der Waals surface area contributed by atoms with E-state index in [1.54, 1.807) is 11.8 Å². The molecule has 0 radical (unpaired) electrons. The van der Waals surface area contributed by atoms with E-state index in [-0.39, 0.29) is 23.8 Å². The summed E-state index contributed by atoms with van der Waals surface area (Å²) in [5.41, 5.74) is 1.91. The van der Waals surface area contributed by atoms with Gasteiger partial charge in [0.2, 0.25) is 11.8 Å². The molecule has 0 fully saturated rings. The minimum atomic E-state index is -0.354. The van der Waals surface area contributed by atoms with Crippen molar-refractivity contribution in [1.29, 1.82) is 0 Å². The van der Waals surface area contributed by atoms with E-state index in [2.05, 4.69) is 5.32 Å². The Hall–Kier alpha value is -2.62. The summed E-state index contributed by atoms with van der Waals surface area (Å²) < 4.78 is 0. The largest absolute Gasteiger partial charge is 0.354 e.